The molecule has 0 aliphatic rings. The molecule has 1 aromatic heterocycles. The van der Waals surface area contributed by atoms with Crippen LogP contribution in [0.2, 0.25) is 5.02 Å². The lowest BCUT2D eigenvalue weighted by atomic mass is 10.1. The maximum atomic E-state index is 10.9. The van der Waals surface area contributed by atoms with Crippen molar-refractivity contribution < 1.29 is 4.92 Å². The monoisotopic (exact) mass is 300 g/mol. The summed E-state index contributed by atoms with van der Waals surface area (Å²) in [5, 5.41) is 12.6. The quantitative estimate of drug-likeness (QED) is 0.526. The van der Waals surface area contributed by atoms with E-state index in [0.29, 0.717) is 11.6 Å². The molecule has 3 rings (SSSR count). The molecule has 0 amide bonds. The molecule has 0 saturated carbocycles. The predicted octanol–water partition coefficient (Wildman–Crippen LogP) is 4.56. The number of nitro groups is 1. The summed E-state index contributed by atoms with van der Waals surface area (Å²) in [6, 6.07) is 12.7. The number of hydrogen-bond donors (Lipinski definition) is 0. The number of benzene rings is 2. The molecule has 0 aliphatic carbocycles. The van der Waals surface area contributed by atoms with Gasteiger partial charge < -0.3 is 4.57 Å². The molecule has 0 radical (unpaired) electrons. The van der Waals surface area contributed by atoms with Crippen molar-refractivity contribution in [3.05, 3.63) is 74.9 Å². The summed E-state index contributed by atoms with van der Waals surface area (Å²) in [6.45, 7) is 2.58. The standard InChI is InChI=1S/C16H13ClN2O2/c1-11-2-3-13(15(17)8-11)10-18-7-6-12-4-5-14(19(20)21)9-16(12)18/h2-9H,10H2,1H3. The summed E-state index contributed by atoms with van der Waals surface area (Å²) < 4.78 is 1.97. The van der Waals surface area contributed by atoms with E-state index in [-0.39, 0.29) is 10.6 Å². The van der Waals surface area contributed by atoms with E-state index in [2.05, 4.69) is 0 Å². The van der Waals surface area contributed by atoms with Gasteiger partial charge in [0.15, 0.2) is 0 Å². The molecule has 3 aromatic rings. The lowest BCUT2D eigenvalue weighted by Crippen LogP contribution is -1.99. The minimum Gasteiger partial charge on any atom is -0.343 e. The molecule has 5 heteroatoms. The van der Waals surface area contributed by atoms with E-state index in [9.17, 15) is 10.1 Å². The zero-order valence-corrected chi connectivity index (χ0v) is 12.2. The third-order valence-corrected chi connectivity index (χ3v) is 3.87. The van der Waals surface area contributed by atoms with Gasteiger partial charge in [0.25, 0.3) is 5.69 Å². The van der Waals surface area contributed by atoms with E-state index < -0.39 is 0 Å². The number of aryl methyl sites for hydroxylation is 1. The molecule has 1 heterocycles. The molecule has 0 spiro atoms. The molecule has 0 N–H and O–H groups in total. The fourth-order valence-electron chi connectivity index (χ4n) is 2.39. The van der Waals surface area contributed by atoms with Gasteiger partial charge in [0.05, 0.1) is 10.4 Å². The number of nitro benzene ring substituents is 1. The van der Waals surface area contributed by atoms with Crippen molar-refractivity contribution in [3.63, 3.8) is 0 Å². The van der Waals surface area contributed by atoms with Gasteiger partial charge in [-0.25, -0.2) is 0 Å². The number of halogens is 1. The first-order chi connectivity index (χ1) is 10.0. The van der Waals surface area contributed by atoms with Crippen LogP contribution in [0.25, 0.3) is 10.9 Å². The molecular formula is C16H13ClN2O2. The Morgan fingerprint density at radius 2 is 2.00 bits per heavy atom. The molecule has 0 atom stereocenters. The van der Waals surface area contributed by atoms with Crippen LogP contribution in [-0.2, 0) is 6.54 Å². The molecule has 0 unspecified atom stereocenters. The largest absolute Gasteiger partial charge is 0.343 e. The Morgan fingerprint density at radius 3 is 2.71 bits per heavy atom. The van der Waals surface area contributed by atoms with E-state index in [4.69, 9.17) is 11.6 Å². The van der Waals surface area contributed by atoms with Gasteiger partial charge in [-0.3, -0.25) is 10.1 Å². The molecule has 0 bridgehead atoms. The first-order valence-corrected chi connectivity index (χ1v) is 6.91. The third kappa shape index (κ3) is 2.62. The molecule has 2 aromatic carbocycles. The lowest BCUT2D eigenvalue weighted by molar-refractivity contribution is -0.384. The highest BCUT2D eigenvalue weighted by Gasteiger charge is 2.10. The van der Waals surface area contributed by atoms with Gasteiger partial charge in [-0.1, -0.05) is 23.7 Å². The van der Waals surface area contributed by atoms with Gasteiger partial charge in [0, 0.05) is 35.3 Å². The number of non-ortho nitro benzene ring substituents is 1. The molecule has 0 fully saturated rings. The topological polar surface area (TPSA) is 48.1 Å². The summed E-state index contributed by atoms with van der Waals surface area (Å²) >= 11 is 6.26. The van der Waals surface area contributed by atoms with Crippen LogP contribution in [0, 0.1) is 17.0 Å². The number of aromatic nitrogens is 1. The van der Waals surface area contributed by atoms with Gasteiger partial charge in [-0.2, -0.15) is 0 Å². The predicted molar refractivity (Wildman–Crippen MR) is 83.9 cm³/mol. The van der Waals surface area contributed by atoms with E-state index >= 15 is 0 Å². The Labute approximate surface area is 126 Å². The zero-order chi connectivity index (χ0) is 15.0. The Hall–Kier alpha value is -2.33. The summed E-state index contributed by atoms with van der Waals surface area (Å²) in [5.41, 5.74) is 3.03. The Morgan fingerprint density at radius 1 is 1.19 bits per heavy atom. The van der Waals surface area contributed by atoms with E-state index in [0.717, 1.165) is 22.0 Å². The Bertz CT molecular complexity index is 839. The molecule has 4 nitrogen and oxygen atoms in total. The maximum absolute atomic E-state index is 10.9. The van der Waals surface area contributed by atoms with Crippen molar-refractivity contribution in [2.24, 2.45) is 0 Å². The Balaban J connectivity index is 2.04. The van der Waals surface area contributed by atoms with Crippen LogP contribution >= 0.6 is 11.6 Å². The normalized spacial score (nSPS) is 11.0. The van der Waals surface area contributed by atoms with Crippen LogP contribution in [0.15, 0.2) is 48.7 Å². The van der Waals surface area contributed by atoms with Crippen LogP contribution in [-0.4, -0.2) is 9.49 Å². The van der Waals surface area contributed by atoms with Gasteiger partial charge in [-0.15, -0.1) is 0 Å². The second kappa shape index (κ2) is 5.22. The average Bonchev–Trinajstić information content (AvgIpc) is 2.84. The lowest BCUT2D eigenvalue weighted by Gasteiger charge is -2.08. The second-order valence-corrected chi connectivity index (χ2v) is 5.45. The van der Waals surface area contributed by atoms with Gasteiger partial charge in [-0.05, 0) is 36.2 Å². The molecule has 0 aliphatic heterocycles. The highest BCUT2D eigenvalue weighted by molar-refractivity contribution is 6.31. The first kappa shape index (κ1) is 13.6. The minimum atomic E-state index is -0.379. The zero-order valence-electron chi connectivity index (χ0n) is 11.4. The maximum Gasteiger partial charge on any atom is 0.271 e. The molecule has 106 valence electrons. The van der Waals surface area contributed by atoms with Gasteiger partial charge in [0.2, 0.25) is 0 Å². The van der Waals surface area contributed by atoms with Crippen LogP contribution in [0.1, 0.15) is 11.1 Å². The van der Waals surface area contributed by atoms with Crippen molar-refractivity contribution in [1.82, 2.24) is 4.57 Å². The first-order valence-electron chi connectivity index (χ1n) is 6.53. The van der Waals surface area contributed by atoms with Crippen LogP contribution in [0.5, 0.6) is 0 Å². The average molecular weight is 301 g/mol. The van der Waals surface area contributed by atoms with Crippen molar-refractivity contribution in [3.8, 4) is 0 Å². The number of fused-ring (bicyclic) bond motifs is 1. The minimum absolute atomic E-state index is 0.0949. The summed E-state index contributed by atoms with van der Waals surface area (Å²) in [4.78, 5) is 10.5. The SMILES string of the molecule is Cc1ccc(Cn2ccc3ccc([N+](=O)[O-])cc32)c(Cl)c1. The van der Waals surface area contributed by atoms with Gasteiger partial charge >= 0.3 is 0 Å². The number of hydrogen-bond acceptors (Lipinski definition) is 2. The van der Waals surface area contributed by atoms with Crippen molar-refractivity contribution in [2.75, 3.05) is 0 Å². The van der Waals surface area contributed by atoms with E-state index in [1.54, 1.807) is 12.1 Å². The fraction of sp³-hybridized carbons (Fsp3) is 0.125. The Kier molecular flexibility index (Phi) is 3.39. The highest BCUT2D eigenvalue weighted by Crippen LogP contribution is 2.25. The van der Waals surface area contributed by atoms with Crippen LogP contribution in [0.3, 0.4) is 0 Å². The van der Waals surface area contributed by atoms with Gasteiger partial charge in [0.1, 0.15) is 0 Å². The molecule has 0 saturated heterocycles. The number of nitrogens with zero attached hydrogens (tertiary/aromatic N) is 2. The highest BCUT2D eigenvalue weighted by atomic mass is 35.5. The summed E-state index contributed by atoms with van der Waals surface area (Å²) in [6.07, 6.45) is 1.92. The second-order valence-electron chi connectivity index (χ2n) is 5.04. The van der Waals surface area contributed by atoms with Crippen LogP contribution in [0.4, 0.5) is 5.69 Å². The number of rotatable bonds is 3. The summed E-state index contributed by atoms with van der Waals surface area (Å²) in [7, 11) is 0. The van der Waals surface area contributed by atoms with E-state index in [1.807, 2.05) is 42.0 Å². The van der Waals surface area contributed by atoms with Crippen molar-refractivity contribution >= 4 is 28.2 Å². The summed E-state index contributed by atoms with van der Waals surface area (Å²) in [5.74, 6) is 0. The van der Waals surface area contributed by atoms with E-state index in [1.165, 1.54) is 6.07 Å². The molecular weight excluding hydrogens is 288 g/mol. The van der Waals surface area contributed by atoms with Crippen molar-refractivity contribution in [1.29, 1.82) is 0 Å². The molecule has 21 heavy (non-hydrogen) atoms. The van der Waals surface area contributed by atoms with Crippen molar-refractivity contribution in [2.45, 2.75) is 13.5 Å². The third-order valence-electron chi connectivity index (χ3n) is 3.52. The van der Waals surface area contributed by atoms with Crippen LogP contribution < -0.4 is 0 Å². The smallest absolute Gasteiger partial charge is 0.271 e. The fourth-order valence-corrected chi connectivity index (χ4v) is 2.68.